The number of carbonyl (C=O) groups is 1. The van der Waals surface area contributed by atoms with Crippen molar-refractivity contribution in [1.82, 2.24) is 0 Å². The normalized spacial score (nSPS) is 28.2. The molecular weight excluding hydrogens is 228 g/mol. The second-order valence-electron chi connectivity index (χ2n) is 4.47. The fourth-order valence-electron chi connectivity index (χ4n) is 1.94. The maximum Gasteiger partial charge on any atom is 0.309 e. The van der Waals surface area contributed by atoms with Gasteiger partial charge in [0.1, 0.15) is 11.9 Å². The van der Waals surface area contributed by atoms with E-state index in [0.29, 0.717) is 23.6 Å². The lowest BCUT2D eigenvalue weighted by atomic mass is 9.68. The number of benzene rings is 1. The molecule has 0 saturated heterocycles. The molecule has 1 N–H and O–H groups in total. The van der Waals surface area contributed by atoms with E-state index in [1.807, 2.05) is 12.1 Å². The van der Waals surface area contributed by atoms with Crippen molar-refractivity contribution in [2.75, 3.05) is 0 Å². The first-order valence-corrected chi connectivity index (χ1v) is 5.53. The zero-order chi connectivity index (χ0) is 11.8. The van der Waals surface area contributed by atoms with E-state index < -0.39 is 11.4 Å². The molecule has 0 heterocycles. The van der Waals surface area contributed by atoms with Crippen LogP contribution in [0.5, 0.6) is 5.75 Å². The highest BCUT2D eigenvalue weighted by Gasteiger charge is 2.47. The molecule has 0 spiro atoms. The Hall–Kier alpha value is -1.22. The van der Waals surface area contributed by atoms with E-state index >= 15 is 0 Å². The van der Waals surface area contributed by atoms with Crippen molar-refractivity contribution in [3.63, 3.8) is 0 Å². The highest BCUT2D eigenvalue weighted by molar-refractivity contribution is 6.30. The van der Waals surface area contributed by atoms with Gasteiger partial charge in [-0.25, -0.2) is 0 Å². The van der Waals surface area contributed by atoms with Crippen molar-refractivity contribution in [2.24, 2.45) is 5.41 Å². The fraction of sp³-hybridized carbons (Fsp3) is 0.417. The molecule has 1 aromatic rings. The van der Waals surface area contributed by atoms with Gasteiger partial charge >= 0.3 is 5.97 Å². The molecule has 0 radical (unpaired) electrons. The molecule has 0 aromatic heterocycles. The number of hydrogen-bond acceptors (Lipinski definition) is 2. The van der Waals surface area contributed by atoms with Gasteiger partial charge in [0, 0.05) is 17.9 Å². The minimum Gasteiger partial charge on any atom is -0.490 e. The van der Waals surface area contributed by atoms with E-state index in [2.05, 4.69) is 0 Å². The molecule has 1 fully saturated rings. The molecule has 1 aromatic carbocycles. The second-order valence-corrected chi connectivity index (χ2v) is 4.91. The molecule has 2 rings (SSSR count). The molecule has 16 heavy (non-hydrogen) atoms. The minimum atomic E-state index is -0.751. The van der Waals surface area contributed by atoms with Crippen molar-refractivity contribution in [1.29, 1.82) is 0 Å². The van der Waals surface area contributed by atoms with E-state index in [-0.39, 0.29) is 6.10 Å². The largest absolute Gasteiger partial charge is 0.490 e. The predicted octanol–water partition coefficient (Wildman–Crippen LogP) is 2.97. The summed E-state index contributed by atoms with van der Waals surface area (Å²) in [4.78, 5) is 10.9. The lowest BCUT2D eigenvalue weighted by Gasteiger charge is -2.41. The van der Waals surface area contributed by atoms with Crippen molar-refractivity contribution in [3.05, 3.63) is 29.3 Å². The number of aliphatic carboxylic acids is 1. The SMILES string of the molecule is CC1(C(=O)O)CC(Oc2cccc(Cl)c2)C1. The summed E-state index contributed by atoms with van der Waals surface area (Å²) in [5.41, 5.74) is -0.622. The summed E-state index contributed by atoms with van der Waals surface area (Å²) in [6.07, 6.45) is 1.09. The zero-order valence-electron chi connectivity index (χ0n) is 8.94. The summed E-state index contributed by atoms with van der Waals surface area (Å²) in [6, 6.07) is 7.14. The molecule has 0 bridgehead atoms. The molecular formula is C12H13ClO3. The molecule has 1 saturated carbocycles. The quantitative estimate of drug-likeness (QED) is 0.884. The molecule has 4 heteroatoms. The van der Waals surface area contributed by atoms with E-state index in [0.717, 1.165) is 0 Å². The third-order valence-electron chi connectivity index (χ3n) is 2.97. The van der Waals surface area contributed by atoms with Gasteiger partial charge in [-0.3, -0.25) is 4.79 Å². The molecule has 86 valence electrons. The standard InChI is InChI=1S/C12H13ClO3/c1-12(11(14)15)6-10(7-12)16-9-4-2-3-8(13)5-9/h2-5,10H,6-7H2,1H3,(H,14,15). The van der Waals surface area contributed by atoms with E-state index in [4.69, 9.17) is 21.4 Å². The topological polar surface area (TPSA) is 46.5 Å². The van der Waals surface area contributed by atoms with Crippen LogP contribution in [0.2, 0.25) is 5.02 Å². The molecule has 0 amide bonds. The van der Waals surface area contributed by atoms with Crippen LogP contribution in [-0.4, -0.2) is 17.2 Å². The van der Waals surface area contributed by atoms with Crippen LogP contribution in [0, 0.1) is 5.41 Å². The number of halogens is 1. The maximum absolute atomic E-state index is 10.9. The van der Waals surface area contributed by atoms with Gasteiger partial charge in [-0.2, -0.15) is 0 Å². The Bertz CT molecular complexity index is 410. The van der Waals surface area contributed by atoms with Gasteiger partial charge < -0.3 is 9.84 Å². The molecule has 0 atom stereocenters. The monoisotopic (exact) mass is 240 g/mol. The number of rotatable bonds is 3. The smallest absolute Gasteiger partial charge is 0.309 e. The Morgan fingerprint density at radius 2 is 2.25 bits per heavy atom. The summed E-state index contributed by atoms with van der Waals surface area (Å²) in [5, 5.41) is 9.57. The maximum atomic E-state index is 10.9. The molecule has 1 aliphatic carbocycles. The van der Waals surface area contributed by atoms with Crippen LogP contribution < -0.4 is 4.74 Å². The Labute approximate surface area is 99.0 Å². The van der Waals surface area contributed by atoms with Crippen molar-refractivity contribution in [2.45, 2.75) is 25.9 Å². The first-order chi connectivity index (χ1) is 7.49. The number of carboxylic acid groups (broad SMARTS) is 1. The van der Waals surface area contributed by atoms with Crippen LogP contribution in [0.15, 0.2) is 24.3 Å². The Kier molecular flexibility index (Phi) is 2.80. The van der Waals surface area contributed by atoms with Crippen LogP contribution in [0.1, 0.15) is 19.8 Å². The summed E-state index contributed by atoms with van der Waals surface area (Å²) in [6.45, 7) is 1.74. The Morgan fingerprint density at radius 1 is 1.56 bits per heavy atom. The third-order valence-corrected chi connectivity index (χ3v) is 3.21. The highest BCUT2D eigenvalue weighted by atomic mass is 35.5. The average molecular weight is 241 g/mol. The highest BCUT2D eigenvalue weighted by Crippen LogP contribution is 2.42. The van der Waals surface area contributed by atoms with Crippen molar-refractivity contribution < 1.29 is 14.6 Å². The first kappa shape index (κ1) is 11.3. The van der Waals surface area contributed by atoms with Gasteiger partial charge in [0.15, 0.2) is 0 Å². The Balaban J connectivity index is 1.93. The second kappa shape index (κ2) is 3.98. The molecule has 0 unspecified atom stereocenters. The number of carboxylic acids is 1. The third kappa shape index (κ3) is 2.14. The molecule has 0 aliphatic heterocycles. The molecule has 3 nitrogen and oxygen atoms in total. The van der Waals surface area contributed by atoms with Gasteiger partial charge in [-0.1, -0.05) is 17.7 Å². The lowest BCUT2D eigenvalue weighted by molar-refractivity contribution is -0.159. The zero-order valence-corrected chi connectivity index (χ0v) is 9.70. The Morgan fingerprint density at radius 3 is 2.81 bits per heavy atom. The number of ether oxygens (including phenoxy) is 1. The summed E-state index contributed by atoms with van der Waals surface area (Å²) >= 11 is 5.82. The average Bonchev–Trinajstić information content (AvgIpc) is 2.14. The summed E-state index contributed by atoms with van der Waals surface area (Å²) in [7, 11) is 0. The van der Waals surface area contributed by atoms with Crippen LogP contribution in [0.25, 0.3) is 0 Å². The van der Waals surface area contributed by atoms with Gasteiger partial charge in [-0.15, -0.1) is 0 Å². The van der Waals surface area contributed by atoms with Crippen LogP contribution in [0.4, 0.5) is 0 Å². The summed E-state index contributed by atoms with van der Waals surface area (Å²) in [5.74, 6) is -0.0524. The minimum absolute atomic E-state index is 0.0143. The van der Waals surface area contributed by atoms with Crippen LogP contribution in [-0.2, 0) is 4.79 Å². The van der Waals surface area contributed by atoms with E-state index in [1.165, 1.54) is 0 Å². The first-order valence-electron chi connectivity index (χ1n) is 5.15. The van der Waals surface area contributed by atoms with E-state index in [1.54, 1.807) is 19.1 Å². The molecule has 1 aliphatic rings. The fourth-order valence-corrected chi connectivity index (χ4v) is 2.12. The van der Waals surface area contributed by atoms with Crippen molar-refractivity contribution >= 4 is 17.6 Å². The number of hydrogen-bond donors (Lipinski definition) is 1. The van der Waals surface area contributed by atoms with Crippen molar-refractivity contribution in [3.8, 4) is 5.75 Å². The van der Waals surface area contributed by atoms with Crippen LogP contribution >= 0.6 is 11.6 Å². The summed E-state index contributed by atoms with van der Waals surface area (Å²) < 4.78 is 5.63. The van der Waals surface area contributed by atoms with Gasteiger partial charge in [-0.05, 0) is 25.1 Å². The van der Waals surface area contributed by atoms with Gasteiger partial charge in [0.25, 0.3) is 0 Å². The lowest BCUT2D eigenvalue weighted by Crippen LogP contribution is -2.47. The van der Waals surface area contributed by atoms with Crippen LogP contribution in [0.3, 0.4) is 0 Å². The van der Waals surface area contributed by atoms with Gasteiger partial charge in [0.05, 0.1) is 5.41 Å². The van der Waals surface area contributed by atoms with Gasteiger partial charge in [0.2, 0.25) is 0 Å². The van der Waals surface area contributed by atoms with E-state index in [9.17, 15) is 4.79 Å². The predicted molar refractivity (Wildman–Crippen MR) is 60.8 cm³/mol.